The third-order valence-electron chi connectivity index (χ3n) is 4.62. The molecular formula is C18H11ClO5. The Hall–Kier alpha value is -2.66. The van der Waals surface area contributed by atoms with Crippen LogP contribution >= 0.6 is 11.6 Å². The van der Waals surface area contributed by atoms with E-state index in [2.05, 4.69) is 0 Å². The molecule has 24 heavy (non-hydrogen) atoms. The molecule has 0 saturated heterocycles. The molecule has 2 aromatic carbocycles. The van der Waals surface area contributed by atoms with Crippen molar-refractivity contribution >= 4 is 39.7 Å². The van der Waals surface area contributed by atoms with Crippen molar-refractivity contribution in [2.24, 2.45) is 0 Å². The first-order valence-electron chi connectivity index (χ1n) is 7.41. The minimum Gasteiger partial charge on any atom is -0.507 e. The minimum absolute atomic E-state index is 0.00313. The first kappa shape index (κ1) is 14.9. The van der Waals surface area contributed by atoms with Crippen LogP contribution in [0.5, 0.6) is 11.5 Å². The topological polar surface area (TPSA) is 91.7 Å². The van der Waals surface area contributed by atoms with E-state index in [1.165, 1.54) is 12.1 Å². The van der Waals surface area contributed by atoms with E-state index in [1.807, 2.05) is 0 Å². The number of phenolic OH excluding ortho intramolecular Hbond substituents is 2. The van der Waals surface area contributed by atoms with Crippen LogP contribution in [0.25, 0.3) is 10.8 Å². The average molecular weight is 343 g/mol. The second kappa shape index (κ2) is 4.92. The van der Waals surface area contributed by atoms with Crippen LogP contribution in [-0.2, 0) is 4.79 Å². The van der Waals surface area contributed by atoms with Crippen molar-refractivity contribution in [3.8, 4) is 11.5 Å². The molecule has 2 aromatic rings. The smallest absolute Gasteiger partial charge is 0.194 e. The zero-order valence-corrected chi connectivity index (χ0v) is 13.1. The molecule has 6 heteroatoms. The molecule has 0 unspecified atom stereocenters. The Bertz CT molecular complexity index is 1020. The van der Waals surface area contributed by atoms with Crippen LogP contribution in [0, 0.1) is 0 Å². The van der Waals surface area contributed by atoms with Gasteiger partial charge in [0.05, 0.1) is 21.5 Å². The molecule has 5 nitrogen and oxygen atoms in total. The number of aromatic hydroxyl groups is 2. The normalized spacial score (nSPS) is 17.3. The number of benzene rings is 2. The number of rotatable bonds is 0. The van der Waals surface area contributed by atoms with Crippen LogP contribution in [0.1, 0.15) is 40.0 Å². The lowest BCUT2D eigenvalue weighted by atomic mass is 9.76. The molecule has 2 aliphatic carbocycles. The van der Waals surface area contributed by atoms with Crippen LogP contribution in [0.3, 0.4) is 0 Å². The van der Waals surface area contributed by atoms with Crippen molar-refractivity contribution in [2.75, 3.05) is 0 Å². The van der Waals surface area contributed by atoms with Crippen molar-refractivity contribution in [3.05, 3.63) is 45.5 Å². The Morgan fingerprint density at radius 3 is 2.38 bits per heavy atom. The molecule has 0 aliphatic heterocycles. The van der Waals surface area contributed by atoms with E-state index in [4.69, 9.17) is 11.6 Å². The standard InChI is InChI=1S/C18H11ClO5/c19-15-9-2-1-3-11(21)12(9)18(24)14-13(15)17(23)10-6-7(20)4-5-8(10)16(14)22/h1-3,21,24H,4-6H2. The van der Waals surface area contributed by atoms with E-state index >= 15 is 0 Å². The number of hydrogen-bond donors (Lipinski definition) is 2. The second-order valence-corrected chi connectivity index (χ2v) is 6.32. The average Bonchev–Trinajstić information content (AvgIpc) is 2.55. The van der Waals surface area contributed by atoms with Gasteiger partial charge in [-0.15, -0.1) is 0 Å². The van der Waals surface area contributed by atoms with Gasteiger partial charge in [-0.05, 0) is 12.5 Å². The number of phenols is 2. The molecule has 0 fully saturated rings. The zero-order chi connectivity index (χ0) is 17.2. The Morgan fingerprint density at radius 1 is 0.917 bits per heavy atom. The Labute approximate surface area is 141 Å². The van der Waals surface area contributed by atoms with Gasteiger partial charge in [-0.1, -0.05) is 23.7 Å². The highest BCUT2D eigenvalue weighted by Crippen LogP contribution is 2.47. The fourth-order valence-electron chi connectivity index (χ4n) is 3.47. The van der Waals surface area contributed by atoms with Gasteiger partial charge in [0.25, 0.3) is 0 Å². The van der Waals surface area contributed by atoms with E-state index in [0.717, 1.165) is 0 Å². The van der Waals surface area contributed by atoms with Gasteiger partial charge in [0.1, 0.15) is 17.3 Å². The molecule has 120 valence electrons. The third kappa shape index (κ3) is 1.79. The van der Waals surface area contributed by atoms with Gasteiger partial charge in [-0.2, -0.15) is 0 Å². The number of Topliss-reactive ketones (excluding diaryl/α,β-unsaturated/α-hetero) is 3. The van der Waals surface area contributed by atoms with E-state index < -0.39 is 17.3 Å². The maximum absolute atomic E-state index is 12.8. The molecule has 0 spiro atoms. The van der Waals surface area contributed by atoms with Gasteiger partial charge < -0.3 is 10.2 Å². The van der Waals surface area contributed by atoms with Crippen LogP contribution in [0.15, 0.2) is 29.3 Å². The summed E-state index contributed by atoms with van der Waals surface area (Å²) in [6.45, 7) is 0. The van der Waals surface area contributed by atoms with Gasteiger partial charge in [0, 0.05) is 29.4 Å². The second-order valence-electron chi connectivity index (χ2n) is 5.94. The highest BCUT2D eigenvalue weighted by molar-refractivity contribution is 6.44. The third-order valence-corrected chi connectivity index (χ3v) is 5.01. The van der Waals surface area contributed by atoms with Gasteiger partial charge >= 0.3 is 0 Å². The van der Waals surface area contributed by atoms with Gasteiger partial charge in [0.2, 0.25) is 0 Å². The molecule has 0 bridgehead atoms. The summed E-state index contributed by atoms with van der Waals surface area (Å²) < 4.78 is 0. The fraction of sp³-hybridized carbons (Fsp3) is 0.167. The molecule has 0 atom stereocenters. The van der Waals surface area contributed by atoms with Gasteiger partial charge in [0.15, 0.2) is 11.6 Å². The van der Waals surface area contributed by atoms with Gasteiger partial charge in [-0.25, -0.2) is 0 Å². The van der Waals surface area contributed by atoms with E-state index in [1.54, 1.807) is 6.07 Å². The first-order valence-corrected chi connectivity index (χ1v) is 7.78. The van der Waals surface area contributed by atoms with Crippen molar-refractivity contribution in [2.45, 2.75) is 19.3 Å². The van der Waals surface area contributed by atoms with Crippen molar-refractivity contribution in [1.29, 1.82) is 0 Å². The van der Waals surface area contributed by atoms with E-state index in [0.29, 0.717) is 0 Å². The fourth-order valence-corrected chi connectivity index (χ4v) is 3.81. The van der Waals surface area contributed by atoms with Gasteiger partial charge in [-0.3, -0.25) is 14.4 Å². The minimum atomic E-state index is -0.503. The summed E-state index contributed by atoms with van der Waals surface area (Å²) in [4.78, 5) is 37.3. The number of hydrogen-bond acceptors (Lipinski definition) is 5. The summed E-state index contributed by atoms with van der Waals surface area (Å²) in [5, 5.41) is 20.9. The lowest BCUT2D eigenvalue weighted by Crippen LogP contribution is -2.27. The molecule has 0 saturated carbocycles. The molecule has 0 radical (unpaired) electrons. The van der Waals surface area contributed by atoms with Crippen molar-refractivity contribution in [1.82, 2.24) is 0 Å². The zero-order valence-electron chi connectivity index (χ0n) is 12.4. The Morgan fingerprint density at radius 2 is 1.62 bits per heavy atom. The highest BCUT2D eigenvalue weighted by atomic mass is 35.5. The number of allylic oxidation sites excluding steroid dienone is 2. The number of ketones is 3. The predicted molar refractivity (Wildman–Crippen MR) is 86.8 cm³/mol. The SMILES string of the molecule is O=C1CCC2=C(C1)C(=O)c1c(c(O)c3c(O)cccc3c1Cl)C2=O. The Kier molecular flexibility index (Phi) is 3.05. The lowest BCUT2D eigenvalue weighted by Gasteiger charge is -2.26. The van der Waals surface area contributed by atoms with Crippen LogP contribution in [0.2, 0.25) is 5.02 Å². The van der Waals surface area contributed by atoms with Crippen LogP contribution in [-0.4, -0.2) is 27.6 Å². The lowest BCUT2D eigenvalue weighted by molar-refractivity contribution is -0.118. The number of carbonyl (C=O) groups excluding carboxylic acids is 3. The maximum Gasteiger partial charge on any atom is 0.194 e. The maximum atomic E-state index is 12.8. The predicted octanol–water partition coefficient (Wildman–Crippen LogP) is 3.33. The molecule has 0 amide bonds. The van der Waals surface area contributed by atoms with E-state index in [-0.39, 0.29) is 68.9 Å². The first-order chi connectivity index (χ1) is 11.4. The van der Waals surface area contributed by atoms with Crippen LogP contribution < -0.4 is 0 Å². The molecule has 2 N–H and O–H groups in total. The number of fused-ring (bicyclic) bond motifs is 2. The van der Waals surface area contributed by atoms with Crippen molar-refractivity contribution < 1.29 is 24.6 Å². The summed E-state index contributed by atoms with van der Waals surface area (Å²) in [7, 11) is 0. The molecule has 0 heterocycles. The molecule has 2 aliphatic rings. The largest absolute Gasteiger partial charge is 0.507 e. The number of halogens is 1. The van der Waals surface area contributed by atoms with Crippen molar-refractivity contribution in [3.63, 3.8) is 0 Å². The number of carbonyl (C=O) groups is 3. The Balaban J connectivity index is 2.12. The molecular weight excluding hydrogens is 332 g/mol. The molecule has 4 rings (SSSR count). The highest BCUT2D eigenvalue weighted by Gasteiger charge is 2.39. The summed E-state index contributed by atoms with van der Waals surface area (Å²) >= 11 is 6.33. The monoisotopic (exact) mass is 342 g/mol. The van der Waals surface area contributed by atoms with E-state index in [9.17, 15) is 24.6 Å². The summed E-state index contributed by atoms with van der Waals surface area (Å²) in [5.41, 5.74) is 0.149. The summed E-state index contributed by atoms with van der Waals surface area (Å²) in [6, 6.07) is 4.44. The van der Waals surface area contributed by atoms with Crippen LogP contribution in [0.4, 0.5) is 0 Å². The quantitative estimate of drug-likeness (QED) is 0.766. The molecule has 0 aromatic heterocycles. The summed E-state index contributed by atoms with van der Waals surface area (Å²) in [5.74, 6) is -1.79. The summed E-state index contributed by atoms with van der Waals surface area (Å²) in [6.07, 6.45) is 0.281.